The Hall–Kier alpha value is -1.62. The molecule has 4 nitrogen and oxygen atoms in total. The summed E-state index contributed by atoms with van der Waals surface area (Å²) in [6.45, 7) is 2.52. The SMILES string of the molecule is CCn1cc(C(=O)[O-])c(-c2cccc(Br)c2)n1. The standard InChI is InChI=1S/C12H11BrN2O2/c1-2-15-7-10(12(16)17)11(14-15)8-4-3-5-9(13)6-8/h3-7H,2H2,1H3,(H,16,17)/p-1. The quantitative estimate of drug-likeness (QED) is 0.865. The van der Waals surface area contributed by atoms with Crippen LogP contribution in [0.5, 0.6) is 0 Å². The summed E-state index contributed by atoms with van der Waals surface area (Å²) in [5.74, 6) is -1.21. The summed E-state index contributed by atoms with van der Waals surface area (Å²) < 4.78 is 2.46. The molecule has 0 aliphatic rings. The number of aromatic carboxylic acids is 1. The maximum atomic E-state index is 11.0. The highest BCUT2D eigenvalue weighted by atomic mass is 79.9. The van der Waals surface area contributed by atoms with Gasteiger partial charge in [0.05, 0.1) is 5.97 Å². The largest absolute Gasteiger partial charge is 0.545 e. The Bertz CT molecular complexity index is 563. The lowest BCUT2D eigenvalue weighted by atomic mass is 10.1. The first-order valence-electron chi connectivity index (χ1n) is 5.16. The number of carbonyl (C=O) groups is 1. The first-order valence-corrected chi connectivity index (χ1v) is 5.96. The maximum absolute atomic E-state index is 11.0. The van der Waals surface area contributed by atoms with Gasteiger partial charge in [-0.15, -0.1) is 0 Å². The van der Waals surface area contributed by atoms with Gasteiger partial charge in [0.15, 0.2) is 0 Å². The molecule has 17 heavy (non-hydrogen) atoms. The van der Waals surface area contributed by atoms with Gasteiger partial charge in [-0.3, -0.25) is 4.68 Å². The summed E-state index contributed by atoms with van der Waals surface area (Å²) in [4.78, 5) is 11.0. The number of carboxylic acids is 1. The van der Waals surface area contributed by atoms with Gasteiger partial charge in [0, 0.05) is 28.3 Å². The normalized spacial score (nSPS) is 10.5. The Balaban J connectivity index is 2.57. The summed E-state index contributed by atoms with van der Waals surface area (Å²) in [6, 6.07) is 7.36. The molecule has 2 rings (SSSR count). The van der Waals surface area contributed by atoms with Crippen molar-refractivity contribution in [2.45, 2.75) is 13.5 Å². The third-order valence-corrected chi connectivity index (χ3v) is 2.90. The van der Waals surface area contributed by atoms with Gasteiger partial charge in [0.25, 0.3) is 0 Å². The topological polar surface area (TPSA) is 58.0 Å². The minimum absolute atomic E-state index is 0.116. The van der Waals surface area contributed by atoms with Gasteiger partial charge in [-0.25, -0.2) is 0 Å². The molecule has 2 aromatic rings. The number of aryl methyl sites for hydroxylation is 1. The lowest BCUT2D eigenvalue weighted by Crippen LogP contribution is -2.22. The zero-order chi connectivity index (χ0) is 12.4. The van der Waals surface area contributed by atoms with Crippen LogP contribution in [0.1, 0.15) is 17.3 Å². The van der Waals surface area contributed by atoms with E-state index in [0.717, 1.165) is 10.0 Å². The van der Waals surface area contributed by atoms with Crippen molar-refractivity contribution in [1.29, 1.82) is 0 Å². The molecule has 1 heterocycles. The predicted octanol–water partition coefficient (Wildman–Crippen LogP) is 1.70. The Morgan fingerprint density at radius 3 is 2.88 bits per heavy atom. The number of carbonyl (C=O) groups excluding carboxylic acids is 1. The fourth-order valence-electron chi connectivity index (χ4n) is 1.58. The highest BCUT2D eigenvalue weighted by Crippen LogP contribution is 2.24. The monoisotopic (exact) mass is 293 g/mol. The van der Waals surface area contributed by atoms with E-state index in [1.165, 1.54) is 6.20 Å². The zero-order valence-electron chi connectivity index (χ0n) is 9.18. The van der Waals surface area contributed by atoms with E-state index in [1.807, 2.05) is 31.2 Å². The molecule has 5 heteroatoms. The van der Waals surface area contributed by atoms with Gasteiger partial charge < -0.3 is 9.90 Å². The molecule has 0 saturated carbocycles. The van der Waals surface area contributed by atoms with Crippen molar-refractivity contribution in [1.82, 2.24) is 9.78 Å². The average Bonchev–Trinajstić information content (AvgIpc) is 2.73. The summed E-state index contributed by atoms with van der Waals surface area (Å²) in [5.41, 5.74) is 1.31. The van der Waals surface area contributed by atoms with Crippen LogP contribution >= 0.6 is 15.9 Å². The molecule has 1 aromatic heterocycles. The van der Waals surface area contributed by atoms with Crippen LogP contribution in [0, 0.1) is 0 Å². The van der Waals surface area contributed by atoms with Gasteiger partial charge in [0.1, 0.15) is 5.69 Å². The molecule has 0 amide bonds. The lowest BCUT2D eigenvalue weighted by Gasteiger charge is -2.03. The highest BCUT2D eigenvalue weighted by Gasteiger charge is 2.11. The van der Waals surface area contributed by atoms with Crippen LogP contribution in [-0.4, -0.2) is 15.7 Å². The first kappa shape index (κ1) is 11.9. The van der Waals surface area contributed by atoms with Gasteiger partial charge in [-0.2, -0.15) is 5.10 Å². The average molecular weight is 294 g/mol. The molecule has 0 aliphatic carbocycles. The van der Waals surface area contributed by atoms with Crippen molar-refractivity contribution in [3.05, 3.63) is 40.5 Å². The van der Waals surface area contributed by atoms with Gasteiger partial charge in [0.2, 0.25) is 0 Å². The van der Waals surface area contributed by atoms with E-state index in [-0.39, 0.29) is 5.56 Å². The predicted molar refractivity (Wildman–Crippen MR) is 65.4 cm³/mol. The molecule has 0 aliphatic heterocycles. The summed E-state index contributed by atoms with van der Waals surface area (Å²) in [7, 11) is 0. The van der Waals surface area contributed by atoms with Crippen LogP contribution in [0.15, 0.2) is 34.9 Å². The Labute approximate surface area is 107 Å². The lowest BCUT2D eigenvalue weighted by molar-refractivity contribution is -0.254. The number of rotatable bonds is 3. The number of aromatic nitrogens is 2. The summed E-state index contributed by atoms with van der Waals surface area (Å²) >= 11 is 3.35. The first-order chi connectivity index (χ1) is 8.11. The molecular formula is C12H10BrN2O2-. The van der Waals surface area contributed by atoms with Crippen LogP contribution in [0.4, 0.5) is 0 Å². The second kappa shape index (κ2) is 4.71. The van der Waals surface area contributed by atoms with Crippen LogP contribution in [0.3, 0.4) is 0 Å². The molecule has 0 spiro atoms. The summed E-state index contributed by atoms with van der Waals surface area (Å²) in [6.07, 6.45) is 1.49. The number of carboxylic acid groups (broad SMARTS) is 1. The second-order valence-corrected chi connectivity index (χ2v) is 4.46. The number of hydrogen-bond donors (Lipinski definition) is 0. The van der Waals surface area contributed by atoms with Gasteiger partial charge >= 0.3 is 0 Å². The van der Waals surface area contributed by atoms with Gasteiger partial charge in [-0.1, -0.05) is 28.1 Å². The van der Waals surface area contributed by atoms with E-state index in [1.54, 1.807) is 4.68 Å². The molecule has 88 valence electrons. The number of halogens is 1. The van der Waals surface area contributed by atoms with Crippen molar-refractivity contribution >= 4 is 21.9 Å². The molecule has 0 radical (unpaired) electrons. The van der Waals surface area contributed by atoms with E-state index in [9.17, 15) is 9.90 Å². The van der Waals surface area contributed by atoms with Crippen molar-refractivity contribution in [3.63, 3.8) is 0 Å². The Morgan fingerprint density at radius 1 is 1.53 bits per heavy atom. The smallest absolute Gasteiger partial charge is 0.101 e. The fraction of sp³-hybridized carbons (Fsp3) is 0.167. The molecule has 1 aromatic carbocycles. The number of benzene rings is 1. The fourth-order valence-corrected chi connectivity index (χ4v) is 1.98. The third kappa shape index (κ3) is 2.39. The molecule has 0 atom stereocenters. The van der Waals surface area contributed by atoms with Crippen LogP contribution in [0.25, 0.3) is 11.3 Å². The molecule has 0 N–H and O–H groups in total. The second-order valence-electron chi connectivity index (χ2n) is 3.54. The molecular weight excluding hydrogens is 284 g/mol. The summed E-state index contributed by atoms with van der Waals surface area (Å²) in [5, 5.41) is 15.3. The third-order valence-electron chi connectivity index (χ3n) is 2.40. The molecule has 0 unspecified atom stereocenters. The highest BCUT2D eigenvalue weighted by molar-refractivity contribution is 9.10. The van der Waals surface area contributed by atoms with E-state index in [4.69, 9.17) is 0 Å². The minimum atomic E-state index is -1.21. The van der Waals surface area contributed by atoms with Crippen molar-refractivity contribution < 1.29 is 9.90 Å². The molecule has 0 fully saturated rings. The van der Waals surface area contributed by atoms with Crippen LogP contribution in [-0.2, 0) is 6.54 Å². The van der Waals surface area contributed by atoms with Gasteiger partial charge in [-0.05, 0) is 19.1 Å². The van der Waals surface area contributed by atoms with Crippen LogP contribution < -0.4 is 5.11 Å². The number of nitrogens with zero attached hydrogens (tertiary/aromatic N) is 2. The minimum Gasteiger partial charge on any atom is -0.545 e. The zero-order valence-corrected chi connectivity index (χ0v) is 10.8. The van der Waals surface area contributed by atoms with Crippen molar-refractivity contribution in [2.24, 2.45) is 0 Å². The molecule has 0 bridgehead atoms. The Morgan fingerprint density at radius 2 is 2.29 bits per heavy atom. The van der Waals surface area contributed by atoms with E-state index in [0.29, 0.717) is 12.2 Å². The van der Waals surface area contributed by atoms with Crippen LogP contribution in [0.2, 0.25) is 0 Å². The van der Waals surface area contributed by atoms with E-state index in [2.05, 4.69) is 21.0 Å². The number of hydrogen-bond acceptors (Lipinski definition) is 3. The maximum Gasteiger partial charge on any atom is 0.101 e. The van der Waals surface area contributed by atoms with Crippen molar-refractivity contribution in [3.8, 4) is 11.3 Å². The molecule has 0 saturated heterocycles. The Kier molecular flexibility index (Phi) is 3.28. The van der Waals surface area contributed by atoms with E-state index < -0.39 is 5.97 Å². The van der Waals surface area contributed by atoms with Crippen molar-refractivity contribution in [2.75, 3.05) is 0 Å². The van der Waals surface area contributed by atoms with E-state index >= 15 is 0 Å².